The molecule has 5 heteroatoms. The maximum Gasteiger partial charge on any atom is 0.248 e. The maximum atomic E-state index is 12.5. The zero-order valence-corrected chi connectivity index (χ0v) is 12.6. The number of rotatable bonds is 3. The number of nitrogens with two attached hydrogens (primary N) is 2. The molecule has 1 aromatic rings. The van der Waals surface area contributed by atoms with Gasteiger partial charge in [0.05, 0.1) is 0 Å². The summed E-state index contributed by atoms with van der Waals surface area (Å²) in [6, 6.07) is 7.02. The van der Waals surface area contributed by atoms with E-state index >= 15 is 0 Å². The molecule has 2 aliphatic carbocycles. The van der Waals surface area contributed by atoms with Crippen LogP contribution < -0.4 is 16.8 Å². The molecule has 0 radical (unpaired) electrons. The van der Waals surface area contributed by atoms with Crippen LogP contribution in [-0.2, 0) is 4.79 Å². The van der Waals surface area contributed by atoms with Crippen molar-refractivity contribution in [2.45, 2.75) is 38.1 Å². The molecule has 0 aromatic heterocycles. The van der Waals surface area contributed by atoms with E-state index in [0.29, 0.717) is 23.1 Å². The van der Waals surface area contributed by atoms with Crippen LogP contribution in [0.25, 0.3) is 0 Å². The van der Waals surface area contributed by atoms with Gasteiger partial charge in [0.2, 0.25) is 11.8 Å². The van der Waals surface area contributed by atoms with Crippen LogP contribution in [0, 0.1) is 17.8 Å². The van der Waals surface area contributed by atoms with Crippen molar-refractivity contribution in [3.05, 3.63) is 29.8 Å². The van der Waals surface area contributed by atoms with Crippen LogP contribution in [0.3, 0.4) is 0 Å². The number of carbonyl (C=O) groups is 2. The molecule has 0 heterocycles. The Morgan fingerprint density at radius 2 is 1.82 bits per heavy atom. The average molecular weight is 301 g/mol. The number of carbonyl (C=O) groups excluding carboxylic acids is 2. The Morgan fingerprint density at radius 3 is 2.45 bits per heavy atom. The van der Waals surface area contributed by atoms with Crippen molar-refractivity contribution >= 4 is 17.5 Å². The van der Waals surface area contributed by atoms with Gasteiger partial charge in [-0.15, -0.1) is 0 Å². The standard InChI is InChI=1S/C17H23N3O2/c18-15-10-3-1-4-11(15)8-13(7-10)17(22)20-14-6-2-5-12(9-14)16(19)21/h2,5-6,9-11,13,15H,1,3-4,7-8,18H2,(H2,19,21)(H,20,22). The van der Waals surface area contributed by atoms with Gasteiger partial charge in [-0.3, -0.25) is 9.59 Å². The molecule has 0 spiro atoms. The summed E-state index contributed by atoms with van der Waals surface area (Å²) in [5, 5.41) is 2.92. The van der Waals surface area contributed by atoms with Crippen molar-refractivity contribution in [1.82, 2.24) is 0 Å². The van der Waals surface area contributed by atoms with Crippen molar-refractivity contribution in [3.8, 4) is 0 Å². The molecule has 3 rings (SSSR count). The second kappa shape index (κ2) is 6.08. The van der Waals surface area contributed by atoms with Gasteiger partial charge in [-0.2, -0.15) is 0 Å². The second-order valence-electron chi connectivity index (χ2n) is 6.63. The zero-order valence-electron chi connectivity index (χ0n) is 12.6. The smallest absolute Gasteiger partial charge is 0.248 e. The molecule has 2 saturated carbocycles. The number of nitrogens with one attached hydrogen (secondary N) is 1. The van der Waals surface area contributed by atoms with E-state index in [2.05, 4.69) is 5.32 Å². The quantitative estimate of drug-likeness (QED) is 0.795. The summed E-state index contributed by atoms with van der Waals surface area (Å²) < 4.78 is 0. The van der Waals surface area contributed by atoms with E-state index in [9.17, 15) is 9.59 Å². The normalized spacial score (nSPS) is 30.6. The first-order valence-electron chi connectivity index (χ1n) is 8.01. The average Bonchev–Trinajstić information content (AvgIpc) is 2.47. The SMILES string of the molecule is NC(=O)c1cccc(NC(=O)C2CC3CCCC(C2)C3N)c1. The van der Waals surface area contributed by atoms with Gasteiger partial charge in [-0.05, 0) is 55.7 Å². The summed E-state index contributed by atoms with van der Waals surface area (Å²) in [7, 11) is 0. The van der Waals surface area contributed by atoms with Gasteiger partial charge in [0.15, 0.2) is 0 Å². The van der Waals surface area contributed by atoms with Gasteiger partial charge in [0, 0.05) is 23.2 Å². The molecule has 0 aliphatic heterocycles. The summed E-state index contributed by atoms with van der Waals surface area (Å²) in [4.78, 5) is 23.7. The Labute approximate surface area is 130 Å². The van der Waals surface area contributed by atoms with Crippen molar-refractivity contribution in [2.75, 3.05) is 5.32 Å². The maximum absolute atomic E-state index is 12.5. The second-order valence-corrected chi connectivity index (χ2v) is 6.63. The minimum Gasteiger partial charge on any atom is -0.366 e. The van der Waals surface area contributed by atoms with Crippen LogP contribution in [0.15, 0.2) is 24.3 Å². The molecule has 22 heavy (non-hydrogen) atoms. The fraction of sp³-hybridized carbons (Fsp3) is 0.529. The number of benzene rings is 1. The Hall–Kier alpha value is -1.88. The summed E-state index contributed by atoms with van der Waals surface area (Å²) in [5.41, 5.74) is 12.6. The highest BCUT2D eigenvalue weighted by molar-refractivity contribution is 5.96. The molecule has 1 aromatic carbocycles. The molecule has 2 fully saturated rings. The molecule has 2 aliphatic rings. The van der Waals surface area contributed by atoms with Crippen molar-refractivity contribution < 1.29 is 9.59 Å². The van der Waals surface area contributed by atoms with Gasteiger partial charge >= 0.3 is 0 Å². The van der Waals surface area contributed by atoms with E-state index in [1.54, 1.807) is 24.3 Å². The number of hydrogen-bond donors (Lipinski definition) is 3. The Kier molecular flexibility index (Phi) is 4.16. The number of anilines is 1. The highest BCUT2D eigenvalue weighted by Gasteiger charge is 2.40. The molecule has 5 nitrogen and oxygen atoms in total. The Balaban J connectivity index is 1.67. The first kappa shape index (κ1) is 15.0. The summed E-state index contributed by atoms with van der Waals surface area (Å²) >= 11 is 0. The zero-order chi connectivity index (χ0) is 15.7. The van der Waals surface area contributed by atoms with Gasteiger partial charge in [0.25, 0.3) is 0 Å². The third-order valence-corrected chi connectivity index (χ3v) is 5.20. The third-order valence-electron chi connectivity index (χ3n) is 5.20. The van der Waals surface area contributed by atoms with E-state index in [0.717, 1.165) is 25.7 Å². The number of primary amides is 1. The first-order valence-corrected chi connectivity index (χ1v) is 8.01. The van der Waals surface area contributed by atoms with Gasteiger partial charge in [-0.1, -0.05) is 12.5 Å². The lowest BCUT2D eigenvalue weighted by Gasteiger charge is -2.43. The largest absolute Gasteiger partial charge is 0.366 e. The number of amides is 2. The summed E-state index contributed by atoms with van der Waals surface area (Å²) in [6.45, 7) is 0. The topological polar surface area (TPSA) is 98.2 Å². The molecular formula is C17H23N3O2. The summed E-state index contributed by atoms with van der Waals surface area (Å²) in [6.07, 6.45) is 5.26. The monoisotopic (exact) mass is 301 g/mol. The van der Waals surface area contributed by atoms with E-state index in [1.807, 2.05) is 0 Å². The molecule has 118 valence electrons. The molecule has 0 saturated heterocycles. The number of fused-ring (bicyclic) bond motifs is 2. The first-order chi connectivity index (χ1) is 10.5. The number of hydrogen-bond acceptors (Lipinski definition) is 3. The molecular weight excluding hydrogens is 278 g/mol. The van der Waals surface area contributed by atoms with Crippen LogP contribution in [-0.4, -0.2) is 17.9 Å². The highest BCUT2D eigenvalue weighted by Crippen LogP contribution is 2.42. The fourth-order valence-corrected chi connectivity index (χ4v) is 4.00. The van der Waals surface area contributed by atoms with Crippen LogP contribution in [0.4, 0.5) is 5.69 Å². The van der Waals surface area contributed by atoms with Crippen molar-refractivity contribution in [3.63, 3.8) is 0 Å². The minimum atomic E-state index is -0.491. The van der Waals surface area contributed by atoms with Crippen molar-refractivity contribution in [1.29, 1.82) is 0 Å². The lowest BCUT2D eigenvalue weighted by molar-refractivity contribution is -0.122. The van der Waals surface area contributed by atoms with Gasteiger partial charge in [-0.25, -0.2) is 0 Å². The predicted molar refractivity (Wildman–Crippen MR) is 85.1 cm³/mol. The van der Waals surface area contributed by atoms with Crippen LogP contribution in [0.1, 0.15) is 42.5 Å². The Morgan fingerprint density at radius 1 is 1.14 bits per heavy atom. The van der Waals surface area contributed by atoms with E-state index in [-0.39, 0.29) is 17.9 Å². The third kappa shape index (κ3) is 2.99. The van der Waals surface area contributed by atoms with E-state index in [1.165, 1.54) is 6.42 Å². The summed E-state index contributed by atoms with van der Waals surface area (Å²) in [5.74, 6) is 0.507. The molecule has 2 unspecified atom stereocenters. The van der Waals surface area contributed by atoms with Gasteiger partial charge in [0.1, 0.15) is 0 Å². The lowest BCUT2D eigenvalue weighted by atomic mass is 9.65. The van der Waals surface area contributed by atoms with Crippen molar-refractivity contribution in [2.24, 2.45) is 29.2 Å². The highest BCUT2D eigenvalue weighted by atomic mass is 16.2. The molecule has 2 bridgehead atoms. The lowest BCUT2D eigenvalue weighted by Crippen LogP contribution is -2.48. The van der Waals surface area contributed by atoms with Crippen LogP contribution in [0.2, 0.25) is 0 Å². The van der Waals surface area contributed by atoms with E-state index in [4.69, 9.17) is 11.5 Å². The molecule has 5 N–H and O–H groups in total. The van der Waals surface area contributed by atoms with Crippen LogP contribution in [0.5, 0.6) is 0 Å². The van der Waals surface area contributed by atoms with Gasteiger partial charge < -0.3 is 16.8 Å². The fourth-order valence-electron chi connectivity index (χ4n) is 4.00. The molecule has 2 atom stereocenters. The minimum absolute atomic E-state index is 0.0207. The van der Waals surface area contributed by atoms with Crippen LogP contribution >= 0.6 is 0 Å². The predicted octanol–water partition coefficient (Wildman–Crippen LogP) is 1.88. The van der Waals surface area contributed by atoms with E-state index < -0.39 is 5.91 Å². The molecule has 2 amide bonds. The Bertz CT molecular complexity index is 573.